The molecule has 0 spiro atoms. The predicted molar refractivity (Wildman–Crippen MR) is 83.6 cm³/mol. The van der Waals surface area contributed by atoms with Gasteiger partial charge >= 0.3 is 0 Å². The van der Waals surface area contributed by atoms with Gasteiger partial charge in [0.1, 0.15) is 11.6 Å². The number of hydrogen-bond acceptors (Lipinski definition) is 3. The van der Waals surface area contributed by atoms with Crippen LogP contribution >= 0.6 is 0 Å². The van der Waals surface area contributed by atoms with Crippen LogP contribution in [-0.2, 0) is 0 Å². The van der Waals surface area contributed by atoms with E-state index in [-0.39, 0.29) is 5.91 Å². The highest BCUT2D eigenvalue weighted by Gasteiger charge is 2.12. The van der Waals surface area contributed by atoms with Crippen molar-refractivity contribution in [2.45, 2.75) is 20.3 Å². The number of rotatable bonds is 7. The van der Waals surface area contributed by atoms with Crippen LogP contribution in [0, 0.1) is 0 Å². The molecule has 4 nitrogen and oxygen atoms in total. The average molecular weight is 289 g/mol. The Kier molecular flexibility index (Phi) is 6.87. The summed E-state index contributed by atoms with van der Waals surface area (Å²) in [6.07, 6.45) is 6.87. The monoisotopic (exact) mass is 289 g/mol. The fraction of sp³-hybridized carbons (Fsp3) is 0.250. The molecule has 0 unspecified atom stereocenters. The Labute approximate surface area is 124 Å². The molecule has 1 amide bonds. The van der Waals surface area contributed by atoms with Crippen LogP contribution in [0.25, 0.3) is 0 Å². The number of amides is 1. The highest BCUT2D eigenvalue weighted by Crippen LogP contribution is 2.12. The van der Waals surface area contributed by atoms with Gasteiger partial charge in [-0.25, -0.2) is 9.37 Å². The Hall–Kier alpha value is -2.43. The van der Waals surface area contributed by atoms with Gasteiger partial charge < -0.3 is 10.6 Å². The van der Waals surface area contributed by atoms with Gasteiger partial charge in [0, 0.05) is 18.4 Å². The third-order valence-corrected chi connectivity index (χ3v) is 2.61. The lowest BCUT2D eigenvalue weighted by Crippen LogP contribution is -2.23. The summed E-state index contributed by atoms with van der Waals surface area (Å²) in [4.78, 5) is 16.4. The lowest BCUT2D eigenvalue weighted by Gasteiger charge is -2.11. The van der Waals surface area contributed by atoms with E-state index in [2.05, 4.69) is 22.2 Å². The molecule has 0 atom stereocenters. The number of pyridine rings is 1. The normalized spacial score (nSPS) is 11.5. The molecule has 0 saturated carbocycles. The number of allylic oxidation sites excluding steroid dienone is 4. The molecule has 0 aliphatic carbocycles. The van der Waals surface area contributed by atoms with Crippen molar-refractivity contribution in [3.8, 4) is 0 Å². The van der Waals surface area contributed by atoms with E-state index in [0.717, 1.165) is 13.0 Å². The number of nitrogens with zero attached hydrogens (tertiary/aromatic N) is 1. The molecular formula is C16H20FN3O. The predicted octanol–water partition coefficient (Wildman–Crippen LogP) is 3.58. The van der Waals surface area contributed by atoms with E-state index >= 15 is 0 Å². The molecule has 21 heavy (non-hydrogen) atoms. The molecule has 5 heteroatoms. The summed E-state index contributed by atoms with van der Waals surface area (Å²) in [7, 11) is 0. The van der Waals surface area contributed by atoms with E-state index in [9.17, 15) is 9.18 Å². The first-order valence-corrected chi connectivity index (χ1v) is 6.77. The second-order valence-electron chi connectivity index (χ2n) is 4.30. The Morgan fingerprint density at radius 1 is 1.48 bits per heavy atom. The van der Waals surface area contributed by atoms with Gasteiger partial charge in [0.05, 0.1) is 5.56 Å². The lowest BCUT2D eigenvalue weighted by molar-refractivity contribution is 0.0967. The molecule has 1 aromatic rings. The van der Waals surface area contributed by atoms with Crippen LogP contribution in [0.1, 0.15) is 30.6 Å². The summed E-state index contributed by atoms with van der Waals surface area (Å²) in [6, 6.07) is 3.38. The standard InChI is InChI=1S/C16H20FN3O/c1-4-10-18-15-14(7-6-11-19-15)16(21)20-13(5-2)9-8-12(3)17/h5-9,11H,3-4,10H2,1-2H3,(H,18,19)(H,20,21)/b9-8-,13-5+. The molecule has 0 aliphatic heterocycles. The number of anilines is 1. The number of halogens is 1. The number of carbonyl (C=O) groups excluding carboxylic acids is 1. The Morgan fingerprint density at radius 3 is 2.86 bits per heavy atom. The van der Waals surface area contributed by atoms with Gasteiger partial charge in [0.25, 0.3) is 5.91 Å². The number of aromatic nitrogens is 1. The second-order valence-corrected chi connectivity index (χ2v) is 4.30. The first-order valence-electron chi connectivity index (χ1n) is 6.77. The van der Waals surface area contributed by atoms with E-state index in [1.54, 1.807) is 31.3 Å². The fourth-order valence-electron chi connectivity index (χ4n) is 1.56. The molecule has 0 bridgehead atoms. The van der Waals surface area contributed by atoms with Crippen molar-refractivity contribution in [3.05, 3.63) is 60.2 Å². The number of carbonyl (C=O) groups is 1. The molecule has 0 saturated heterocycles. The maximum atomic E-state index is 12.6. The number of nitrogens with one attached hydrogen (secondary N) is 2. The molecule has 0 aromatic carbocycles. The van der Waals surface area contributed by atoms with Crippen LogP contribution in [0.3, 0.4) is 0 Å². The summed E-state index contributed by atoms with van der Waals surface area (Å²) < 4.78 is 12.6. The highest BCUT2D eigenvalue weighted by atomic mass is 19.1. The highest BCUT2D eigenvalue weighted by molar-refractivity contribution is 5.99. The van der Waals surface area contributed by atoms with E-state index in [1.165, 1.54) is 12.2 Å². The van der Waals surface area contributed by atoms with E-state index in [1.807, 2.05) is 6.92 Å². The van der Waals surface area contributed by atoms with Crippen LogP contribution in [0.2, 0.25) is 0 Å². The van der Waals surface area contributed by atoms with Gasteiger partial charge in [-0.05, 0) is 37.6 Å². The molecule has 0 aliphatic rings. The summed E-state index contributed by atoms with van der Waals surface area (Å²) in [6.45, 7) is 7.65. The molecule has 112 valence electrons. The van der Waals surface area contributed by atoms with Crippen LogP contribution in [0.4, 0.5) is 10.2 Å². The third-order valence-electron chi connectivity index (χ3n) is 2.61. The van der Waals surface area contributed by atoms with E-state index < -0.39 is 5.83 Å². The average Bonchev–Trinajstić information content (AvgIpc) is 2.49. The van der Waals surface area contributed by atoms with Crippen molar-refractivity contribution in [1.29, 1.82) is 0 Å². The van der Waals surface area contributed by atoms with Gasteiger partial charge in [-0.3, -0.25) is 4.79 Å². The Morgan fingerprint density at radius 2 is 2.24 bits per heavy atom. The Bertz CT molecular complexity index is 564. The molecule has 1 heterocycles. The zero-order valence-corrected chi connectivity index (χ0v) is 12.3. The van der Waals surface area contributed by atoms with Gasteiger partial charge in [0.15, 0.2) is 0 Å². The first-order chi connectivity index (χ1) is 10.1. The largest absolute Gasteiger partial charge is 0.369 e. The molecule has 1 rings (SSSR count). The minimum Gasteiger partial charge on any atom is -0.369 e. The van der Waals surface area contributed by atoms with Gasteiger partial charge in [-0.1, -0.05) is 19.6 Å². The molecule has 0 radical (unpaired) electrons. The van der Waals surface area contributed by atoms with Crippen molar-refractivity contribution < 1.29 is 9.18 Å². The van der Waals surface area contributed by atoms with Crippen LogP contribution in [0.5, 0.6) is 0 Å². The maximum Gasteiger partial charge on any atom is 0.259 e. The Balaban J connectivity index is 2.86. The van der Waals surface area contributed by atoms with Crippen LogP contribution < -0.4 is 10.6 Å². The van der Waals surface area contributed by atoms with Crippen molar-refractivity contribution in [2.24, 2.45) is 0 Å². The van der Waals surface area contributed by atoms with Crippen molar-refractivity contribution in [1.82, 2.24) is 10.3 Å². The van der Waals surface area contributed by atoms with Gasteiger partial charge in [0.2, 0.25) is 0 Å². The summed E-state index contributed by atoms with van der Waals surface area (Å²) in [5.41, 5.74) is 0.932. The smallest absolute Gasteiger partial charge is 0.259 e. The minimum atomic E-state index is -0.574. The zero-order chi connectivity index (χ0) is 15.7. The van der Waals surface area contributed by atoms with Crippen molar-refractivity contribution in [3.63, 3.8) is 0 Å². The zero-order valence-electron chi connectivity index (χ0n) is 12.3. The third kappa shape index (κ3) is 5.60. The number of hydrogen-bond donors (Lipinski definition) is 2. The van der Waals surface area contributed by atoms with E-state index in [0.29, 0.717) is 17.1 Å². The quantitative estimate of drug-likeness (QED) is 0.754. The van der Waals surface area contributed by atoms with Gasteiger partial charge in [-0.2, -0.15) is 0 Å². The SMILES string of the molecule is C=C(F)/C=C\C(=C/C)NC(=O)c1cccnc1NCCC. The fourth-order valence-corrected chi connectivity index (χ4v) is 1.56. The summed E-state index contributed by atoms with van der Waals surface area (Å²) in [5.74, 6) is -0.342. The van der Waals surface area contributed by atoms with Crippen LogP contribution in [-0.4, -0.2) is 17.4 Å². The lowest BCUT2D eigenvalue weighted by atomic mass is 10.2. The maximum absolute atomic E-state index is 12.6. The minimum absolute atomic E-state index is 0.302. The molecule has 0 fully saturated rings. The molecule has 1 aromatic heterocycles. The first kappa shape index (κ1) is 16.6. The summed E-state index contributed by atoms with van der Waals surface area (Å²) >= 11 is 0. The van der Waals surface area contributed by atoms with Gasteiger partial charge in [-0.15, -0.1) is 0 Å². The topological polar surface area (TPSA) is 54.0 Å². The van der Waals surface area contributed by atoms with Crippen LogP contribution in [0.15, 0.2) is 54.7 Å². The molecule has 2 N–H and O–H groups in total. The second kappa shape index (κ2) is 8.68. The summed E-state index contributed by atoms with van der Waals surface area (Å²) in [5, 5.41) is 5.80. The van der Waals surface area contributed by atoms with Crippen molar-refractivity contribution in [2.75, 3.05) is 11.9 Å². The van der Waals surface area contributed by atoms with E-state index in [4.69, 9.17) is 0 Å². The van der Waals surface area contributed by atoms with Crippen molar-refractivity contribution >= 4 is 11.7 Å². The molecular weight excluding hydrogens is 269 g/mol.